The van der Waals surface area contributed by atoms with Gasteiger partial charge in [-0.3, -0.25) is 4.79 Å². The zero-order valence-electron chi connectivity index (χ0n) is 12.0. The van der Waals surface area contributed by atoms with E-state index in [1.165, 1.54) is 4.90 Å². The first-order valence-corrected chi connectivity index (χ1v) is 8.83. The SMILES string of the molecule is Cc1cc(OCC(=O)N(C)[C@H]2CCS(=O)(=O)C2)ccc1Cl. The van der Waals surface area contributed by atoms with Crippen molar-refractivity contribution < 1.29 is 17.9 Å². The van der Waals surface area contributed by atoms with Crippen LogP contribution < -0.4 is 4.74 Å². The molecule has 0 aromatic heterocycles. The molecule has 0 radical (unpaired) electrons. The lowest BCUT2D eigenvalue weighted by molar-refractivity contribution is -0.133. The highest BCUT2D eigenvalue weighted by atomic mass is 35.5. The lowest BCUT2D eigenvalue weighted by Gasteiger charge is -2.23. The zero-order chi connectivity index (χ0) is 15.6. The van der Waals surface area contributed by atoms with Crippen LogP contribution in [0.2, 0.25) is 5.02 Å². The predicted octanol–water partition coefficient (Wildman–Crippen LogP) is 1.67. The number of sulfone groups is 1. The second-order valence-electron chi connectivity index (χ2n) is 5.26. The van der Waals surface area contributed by atoms with Crippen LogP contribution in [0.3, 0.4) is 0 Å². The summed E-state index contributed by atoms with van der Waals surface area (Å²) in [5.74, 6) is 0.518. The van der Waals surface area contributed by atoms with Crippen molar-refractivity contribution in [1.82, 2.24) is 4.90 Å². The number of halogens is 1. The summed E-state index contributed by atoms with van der Waals surface area (Å²) in [6.45, 7) is 1.74. The maximum atomic E-state index is 12.0. The molecule has 0 spiro atoms. The summed E-state index contributed by atoms with van der Waals surface area (Å²) in [7, 11) is -1.39. The number of likely N-dealkylation sites (N-methyl/N-ethyl adjacent to an activating group) is 1. The van der Waals surface area contributed by atoms with Gasteiger partial charge in [0.25, 0.3) is 5.91 Å². The molecule has 0 saturated carbocycles. The predicted molar refractivity (Wildman–Crippen MR) is 81.5 cm³/mol. The summed E-state index contributed by atoms with van der Waals surface area (Å²) in [5, 5.41) is 0.641. The highest BCUT2D eigenvalue weighted by molar-refractivity contribution is 7.91. The van der Waals surface area contributed by atoms with Gasteiger partial charge in [0.2, 0.25) is 0 Å². The normalized spacial score (nSPS) is 20.2. The summed E-state index contributed by atoms with van der Waals surface area (Å²) >= 11 is 5.92. The Kier molecular flexibility index (Phi) is 4.78. The first-order valence-electron chi connectivity index (χ1n) is 6.63. The van der Waals surface area contributed by atoms with Crippen LogP contribution in [0, 0.1) is 6.92 Å². The second kappa shape index (κ2) is 6.23. The minimum absolute atomic E-state index is 0.0370. The molecular weight excluding hydrogens is 314 g/mol. The monoisotopic (exact) mass is 331 g/mol. The Labute approximate surface area is 129 Å². The number of rotatable bonds is 4. The molecule has 1 aromatic carbocycles. The van der Waals surface area contributed by atoms with E-state index in [2.05, 4.69) is 0 Å². The van der Waals surface area contributed by atoms with E-state index in [1.54, 1.807) is 25.2 Å². The third kappa shape index (κ3) is 4.11. The van der Waals surface area contributed by atoms with Crippen LogP contribution >= 0.6 is 11.6 Å². The van der Waals surface area contributed by atoms with Gasteiger partial charge in [-0.05, 0) is 37.1 Å². The van der Waals surface area contributed by atoms with Crippen LogP contribution in [-0.4, -0.2) is 50.4 Å². The molecular formula is C14H18ClNO4S. The molecule has 1 aliphatic heterocycles. The number of nitrogens with zero attached hydrogens (tertiary/aromatic N) is 1. The summed E-state index contributed by atoms with van der Waals surface area (Å²) in [6, 6.07) is 4.92. The molecule has 0 bridgehead atoms. The van der Waals surface area contributed by atoms with Crippen molar-refractivity contribution in [3.63, 3.8) is 0 Å². The topological polar surface area (TPSA) is 63.7 Å². The van der Waals surface area contributed by atoms with E-state index in [4.69, 9.17) is 16.3 Å². The van der Waals surface area contributed by atoms with E-state index in [0.29, 0.717) is 17.2 Å². The average molecular weight is 332 g/mol. The average Bonchev–Trinajstić information content (AvgIpc) is 2.79. The Bertz CT molecular complexity index is 644. The Morgan fingerprint density at radius 3 is 2.76 bits per heavy atom. The lowest BCUT2D eigenvalue weighted by atomic mass is 10.2. The van der Waals surface area contributed by atoms with Crippen molar-refractivity contribution in [1.29, 1.82) is 0 Å². The Balaban J connectivity index is 1.91. The molecule has 1 saturated heterocycles. The summed E-state index contributed by atoms with van der Waals surface area (Å²) in [4.78, 5) is 13.5. The standard InChI is InChI=1S/C14H18ClNO4S/c1-10-7-12(3-4-13(10)15)20-8-14(17)16(2)11-5-6-21(18,19)9-11/h3-4,7,11H,5-6,8-9H2,1-2H3/t11-/m0/s1. The third-order valence-electron chi connectivity index (χ3n) is 3.64. The molecule has 0 aliphatic carbocycles. The summed E-state index contributed by atoms with van der Waals surface area (Å²) < 4.78 is 28.3. The molecule has 5 nitrogen and oxygen atoms in total. The van der Waals surface area contributed by atoms with Crippen molar-refractivity contribution in [3.05, 3.63) is 28.8 Å². The number of aryl methyl sites for hydroxylation is 1. The highest BCUT2D eigenvalue weighted by Crippen LogP contribution is 2.21. The molecule has 0 N–H and O–H groups in total. The van der Waals surface area contributed by atoms with Crippen molar-refractivity contribution in [2.24, 2.45) is 0 Å². The third-order valence-corrected chi connectivity index (χ3v) is 5.82. The fraction of sp³-hybridized carbons (Fsp3) is 0.500. The second-order valence-corrected chi connectivity index (χ2v) is 7.90. The van der Waals surface area contributed by atoms with Gasteiger partial charge >= 0.3 is 0 Å². The number of benzene rings is 1. The summed E-state index contributed by atoms with van der Waals surface area (Å²) in [5.41, 5.74) is 0.872. The molecule has 0 unspecified atom stereocenters. The van der Waals surface area contributed by atoms with E-state index in [9.17, 15) is 13.2 Å². The number of ether oxygens (including phenoxy) is 1. The molecule has 2 rings (SSSR count). The van der Waals surface area contributed by atoms with Crippen LogP contribution in [0.1, 0.15) is 12.0 Å². The Morgan fingerprint density at radius 2 is 2.19 bits per heavy atom. The number of hydrogen-bond donors (Lipinski definition) is 0. The van der Waals surface area contributed by atoms with Crippen LogP contribution in [-0.2, 0) is 14.6 Å². The van der Waals surface area contributed by atoms with Gasteiger partial charge in [0.05, 0.1) is 11.5 Å². The zero-order valence-corrected chi connectivity index (χ0v) is 13.6. The van der Waals surface area contributed by atoms with Crippen LogP contribution in [0.25, 0.3) is 0 Å². The van der Waals surface area contributed by atoms with Gasteiger partial charge in [-0.1, -0.05) is 11.6 Å². The maximum Gasteiger partial charge on any atom is 0.260 e. The van der Waals surface area contributed by atoms with E-state index < -0.39 is 9.84 Å². The van der Waals surface area contributed by atoms with Gasteiger partial charge < -0.3 is 9.64 Å². The van der Waals surface area contributed by atoms with Crippen LogP contribution in [0.5, 0.6) is 5.75 Å². The first kappa shape index (κ1) is 16.1. The van der Waals surface area contributed by atoms with Crippen molar-refractivity contribution in [2.75, 3.05) is 25.2 Å². The lowest BCUT2D eigenvalue weighted by Crippen LogP contribution is -2.40. The van der Waals surface area contributed by atoms with Crippen molar-refractivity contribution in [3.8, 4) is 5.75 Å². The molecule has 1 aliphatic rings. The van der Waals surface area contributed by atoms with E-state index in [-0.39, 0.29) is 30.1 Å². The number of carbonyl (C=O) groups is 1. The largest absolute Gasteiger partial charge is 0.484 e. The molecule has 116 valence electrons. The van der Waals surface area contributed by atoms with Crippen LogP contribution in [0.15, 0.2) is 18.2 Å². The van der Waals surface area contributed by atoms with E-state index in [0.717, 1.165) is 5.56 Å². The smallest absolute Gasteiger partial charge is 0.260 e. The van der Waals surface area contributed by atoms with E-state index >= 15 is 0 Å². The molecule has 1 amide bonds. The molecule has 1 aromatic rings. The van der Waals surface area contributed by atoms with Gasteiger partial charge in [0.15, 0.2) is 16.4 Å². The molecule has 7 heteroatoms. The summed E-state index contributed by atoms with van der Waals surface area (Å²) in [6.07, 6.45) is 0.491. The number of amides is 1. The molecule has 21 heavy (non-hydrogen) atoms. The maximum absolute atomic E-state index is 12.0. The molecule has 1 heterocycles. The van der Waals surface area contributed by atoms with Gasteiger partial charge in [-0.2, -0.15) is 0 Å². The molecule has 1 fully saturated rings. The fourth-order valence-corrected chi connectivity index (χ4v) is 4.13. The van der Waals surface area contributed by atoms with Crippen molar-refractivity contribution >= 4 is 27.3 Å². The Hall–Kier alpha value is -1.27. The van der Waals surface area contributed by atoms with Crippen LogP contribution in [0.4, 0.5) is 0 Å². The van der Waals surface area contributed by atoms with Crippen molar-refractivity contribution in [2.45, 2.75) is 19.4 Å². The minimum atomic E-state index is -3.00. The van der Waals surface area contributed by atoms with Gasteiger partial charge in [-0.25, -0.2) is 8.42 Å². The number of hydrogen-bond acceptors (Lipinski definition) is 4. The fourth-order valence-electron chi connectivity index (χ4n) is 2.24. The highest BCUT2D eigenvalue weighted by Gasteiger charge is 2.32. The van der Waals surface area contributed by atoms with Gasteiger partial charge in [-0.15, -0.1) is 0 Å². The van der Waals surface area contributed by atoms with E-state index in [1.807, 2.05) is 6.92 Å². The Morgan fingerprint density at radius 1 is 1.48 bits per heavy atom. The number of carbonyl (C=O) groups excluding carboxylic acids is 1. The minimum Gasteiger partial charge on any atom is -0.484 e. The first-order chi connectivity index (χ1) is 9.78. The molecule has 1 atom stereocenters. The quantitative estimate of drug-likeness (QED) is 0.842. The van der Waals surface area contributed by atoms with Gasteiger partial charge in [0.1, 0.15) is 5.75 Å². The van der Waals surface area contributed by atoms with Gasteiger partial charge in [0, 0.05) is 18.1 Å².